The molecule has 0 fully saturated rings. The summed E-state index contributed by atoms with van der Waals surface area (Å²) >= 11 is 0. The van der Waals surface area contributed by atoms with E-state index in [0.717, 1.165) is 25.7 Å². The van der Waals surface area contributed by atoms with E-state index in [1.165, 1.54) is 11.1 Å². The van der Waals surface area contributed by atoms with Crippen LogP contribution in [0, 0.1) is 0 Å². The smallest absolute Gasteiger partial charge is 0.0822 e. The van der Waals surface area contributed by atoms with E-state index in [1.54, 1.807) is 0 Å². The molecule has 0 saturated heterocycles. The van der Waals surface area contributed by atoms with E-state index in [4.69, 9.17) is 0 Å². The molecule has 0 unspecified atom stereocenters. The van der Waals surface area contributed by atoms with Crippen LogP contribution in [0.5, 0.6) is 0 Å². The lowest BCUT2D eigenvalue weighted by Crippen LogP contribution is -1.89. The lowest BCUT2D eigenvalue weighted by atomic mass is 10.0. The Morgan fingerprint density at radius 1 is 1.15 bits per heavy atom. The first kappa shape index (κ1) is 10.3. The molecule has 0 atom stereocenters. The van der Waals surface area contributed by atoms with Gasteiger partial charge in [0.25, 0.3) is 0 Å². The molecule has 1 aromatic carbocycles. The van der Waals surface area contributed by atoms with E-state index in [-0.39, 0.29) is 6.61 Å². The highest BCUT2D eigenvalue weighted by atomic mass is 16.2. The average molecular weight is 177 g/mol. The van der Waals surface area contributed by atoms with E-state index in [2.05, 4.69) is 31.2 Å². The molecule has 0 heterocycles. The van der Waals surface area contributed by atoms with Crippen LogP contribution in [-0.2, 0) is 17.9 Å². The van der Waals surface area contributed by atoms with Gasteiger partial charge in [-0.15, -0.1) is 0 Å². The van der Waals surface area contributed by atoms with Crippen LogP contribution in [-0.4, -0.2) is 6.61 Å². The molecule has 0 aliphatic rings. The summed E-state index contributed by atoms with van der Waals surface area (Å²) in [5, 5.41) is 10.2. The van der Waals surface area contributed by atoms with Gasteiger partial charge in [0.2, 0.25) is 0 Å². The van der Waals surface area contributed by atoms with Gasteiger partial charge in [-0.1, -0.05) is 31.2 Å². The van der Waals surface area contributed by atoms with Gasteiger partial charge >= 0.3 is 0 Å². The minimum atomic E-state index is 0.0630. The SMILES string of the molecule is CCc1cccc(CCCC[O])c1. The molecule has 1 nitrogen and oxygen atoms in total. The van der Waals surface area contributed by atoms with Gasteiger partial charge in [-0.25, -0.2) is 5.11 Å². The van der Waals surface area contributed by atoms with Crippen molar-refractivity contribution in [2.75, 3.05) is 6.61 Å². The van der Waals surface area contributed by atoms with Crippen LogP contribution in [0.3, 0.4) is 0 Å². The van der Waals surface area contributed by atoms with E-state index < -0.39 is 0 Å². The van der Waals surface area contributed by atoms with E-state index in [1.807, 2.05) is 0 Å². The molecule has 0 saturated carbocycles. The first-order chi connectivity index (χ1) is 6.36. The van der Waals surface area contributed by atoms with Crippen LogP contribution in [0.4, 0.5) is 0 Å². The second kappa shape index (κ2) is 5.76. The lowest BCUT2D eigenvalue weighted by Gasteiger charge is -2.02. The standard InChI is InChI=1S/C12H17O/c1-2-11-7-5-8-12(10-11)6-3-4-9-13/h5,7-8,10H,2-4,6,9H2,1H3. The normalized spacial score (nSPS) is 10.3. The molecule has 0 spiro atoms. The maximum atomic E-state index is 10.2. The maximum Gasteiger partial charge on any atom is 0.0822 e. The van der Waals surface area contributed by atoms with Crippen molar-refractivity contribution < 1.29 is 5.11 Å². The fraction of sp³-hybridized carbons (Fsp3) is 0.500. The van der Waals surface area contributed by atoms with Gasteiger partial charge in [0.1, 0.15) is 0 Å². The number of hydrogen-bond donors (Lipinski definition) is 0. The van der Waals surface area contributed by atoms with Crippen molar-refractivity contribution in [3.8, 4) is 0 Å². The zero-order valence-electron chi connectivity index (χ0n) is 8.25. The number of benzene rings is 1. The fourth-order valence-corrected chi connectivity index (χ4v) is 1.44. The summed E-state index contributed by atoms with van der Waals surface area (Å²) in [4.78, 5) is 0. The lowest BCUT2D eigenvalue weighted by molar-refractivity contribution is 0.187. The van der Waals surface area contributed by atoms with Crippen LogP contribution < -0.4 is 0 Å². The second-order valence-electron chi connectivity index (χ2n) is 3.33. The summed E-state index contributed by atoms with van der Waals surface area (Å²) < 4.78 is 0. The van der Waals surface area contributed by atoms with Crippen molar-refractivity contribution in [1.82, 2.24) is 0 Å². The predicted molar refractivity (Wildman–Crippen MR) is 54.3 cm³/mol. The topological polar surface area (TPSA) is 19.9 Å². The highest BCUT2D eigenvalue weighted by Crippen LogP contribution is 2.08. The molecular formula is C12H17O. The Morgan fingerprint density at radius 3 is 2.62 bits per heavy atom. The van der Waals surface area contributed by atoms with Gasteiger partial charge in [0, 0.05) is 0 Å². The molecule has 1 rings (SSSR count). The van der Waals surface area contributed by atoms with Crippen molar-refractivity contribution in [1.29, 1.82) is 0 Å². The van der Waals surface area contributed by atoms with Gasteiger partial charge < -0.3 is 0 Å². The number of rotatable bonds is 5. The van der Waals surface area contributed by atoms with Crippen molar-refractivity contribution in [3.05, 3.63) is 35.4 Å². The Labute approximate surface area is 80.4 Å². The molecule has 13 heavy (non-hydrogen) atoms. The third-order valence-corrected chi connectivity index (χ3v) is 2.26. The summed E-state index contributed by atoms with van der Waals surface area (Å²) in [5.74, 6) is 0. The Kier molecular flexibility index (Phi) is 4.55. The Morgan fingerprint density at radius 2 is 1.92 bits per heavy atom. The van der Waals surface area contributed by atoms with Crippen LogP contribution in [0.15, 0.2) is 24.3 Å². The zero-order chi connectivity index (χ0) is 9.52. The third-order valence-electron chi connectivity index (χ3n) is 2.26. The molecule has 1 heteroatoms. The number of hydrogen-bond acceptors (Lipinski definition) is 0. The van der Waals surface area contributed by atoms with Gasteiger partial charge in [-0.05, 0) is 36.8 Å². The molecule has 0 aliphatic carbocycles. The first-order valence-corrected chi connectivity index (χ1v) is 5.02. The van der Waals surface area contributed by atoms with Crippen molar-refractivity contribution in [2.45, 2.75) is 32.6 Å². The molecular weight excluding hydrogens is 160 g/mol. The number of aryl methyl sites for hydroxylation is 2. The summed E-state index contributed by atoms with van der Waals surface area (Å²) in [7, 11) is 0. The first-order valence-electron chi connectivity index (χ1n) is 5.02. The third kappa shape index (κ3) is 3.60. The van der Waals surface area contributed by atoms with Crippen molar-refractivity contribution in [3.63, 3.8) is 0 Å². The van der Waals surface area contributed by atoms with E-state index in [0.29, 0.717) is 0 Å². The van der Waals surface area contributed by atoms with E-state index >= 15 is 0 Å². The van der Waals surface area contributed by atoms with Crippen LogP contribution in [0.1, 0.15) is 30.9 Å². The van der Waals surface area contributed by atoms with Gasteiger partial charge in [0.15, 0.2) is 0 Å². The van der Waals surface area contributed by atoms with Crippen LogP contribution in [0.2, 0.25) is 0 Å². The average Bonchev–Trinajstić information content (AvgIpc) is 2.19. The molecule has 1 radical (unpaired) electrons. The highest BCUT2D eigenvalue weighted by molar-refractivity contribution is 5.23. The second-order valence-corrected chi connectivity index (χ2v) is 3.33. The Hall–Kier alpha value is -0.820. The minimum absolute atomic E-state index is 0.0630. The highest BCUT2D eigenvalue weighted by Gasteiger charge is 1.94. The monoisotopic (exact) mass is 177 g/mol. The summed E-state index contributed by atoms with van der Waals surface area (Å²) in [6.45, 7) is 2.23. The summed E-state index contributed by atoms with van der Waals surface area (Å²) in [6.07, 6.45) is 3.97. The molecule has 71 valence electrons. The van der Waals surface area contributed by atoms with Crippen LogP contribution >= 0.6 is 0 Å². The molecule has 0 N–H and O–H groups in total. The van der Waals surface area contributed by atoms with Crippen molar-refractivity contribution in [2.24, 2.45) is 0 Å². The Bertz CT molecular complexity index is 243. The van der Waals surface area contributed by atoms with Gasteiger partial charge in [-0.2, -0.15) is 0 Å². The Balaban J connectivity index is 2.46. The quantitative estimate of drug-likeness (QED) is 0.616. The van der Waals surface area contributed by atoms with Crippen molar-refractivity contribution >= 4 is 0 Å². The minimum Gasteiger partial charge on any atom is -0.237 e. The summed E-state index contributed by atoms with van der Waals surface area (Å²) in [6, 6.07) is 8.64. The maximum absolute atomic E-state index is 10.2. The summed E-state index contributed by atoms with van der Waals surface area (Å²) in [5.41, 5.74) is 2.76. The van der Waals surface area contributed by atoms with Gasteiger partial charge in [0.05, 0.1) is 6.61 Å². The predicted octanol–water partition coefficient (Wildman–Crippen LogP) is 3.00. The zero-order valence-corrected chi connectivity index (χ0v) is 8.25. The largest absolute Gasteiger partial charge is 0.237 e. The fourth-order valence-electron chi connectivity index (χ4n) is 1.44. The molecule has 0 aromatic heterocycles. The molecule has 1 aromatic rings. The van der Waals surface area contributed by atoms with E-state index in [9.17, 15) is 5.11 Å². The molecule has 0 bridgehead atoms. The van der Waals surface area contributed by atoms with Gasteiger partial charge in [-0.3, -0.25) is 0 Å². The molecule has 0 amide bonds. The number of unbranched alkanes of at least 4 members (excludes halogenated alkanes) is 1. The molecule has 0 aliphatic heterocycles. The van der Waals surface area contributed by atoms with Crippen LogP contribution in [0.25, 0.3) is 0 Å².